The van der Waals surface area contributed by atoms with Crippen molar-refractivity contribution in [2.75, 3.05) is 13.1 Å². The van der Waals surface area contributed by atoms with Crippen LogP contribution in [0.5, 0.6) is 0 Å². The fraction of sp³-hybridized carbons (Fsp3) is 1.00. The number of hydrogen-bond acceptors (Lipinski definition) is 2. The lowest BCUT2D eigenvalue weighted by Crippen LogP contribution is -2.54. The highest BCUT2D eigenvalue weighted by Crippen LogP contribution is 2.34. The molecule has 1 aliphatic carbocycles. The van der Waals surface area contributed by atoms with E-state index in [0.717, 1.165) is 30.6 Å². The van der Waals surface area contributed by atoms with Crippen molar-refractivity contribution in [3.63, 3.8) is 0 Å². The van der Waals surface area contributed by atoms with Gasteiger partial charge in [0.1, 0.15) is 0 Å². The molecule has 1 saturated heterocycles. The maximum absolute atomic E-state index is 3.59. The minimum absolute atomic E-state index is 0.777. The summed E-state index contributed by atoms with van der Waals surface area (Å²) in [4.78, 5) is 2.76. The first kappa shape index (κ1) is 11.4. The van der Waals surface area contributed by atoms with E-state index in [2.05, 4.69) is 31.0 Å². The highest BCUT2D eigenvalue weighted by molar-refractivity contribution is 4.92. The third-order valence-corrected chi connectivity index (χ3v) is 4.24. The zero-order chi connectivity index (χ0) is 10.8. The summed E-state index contributed by atoms with van der Waals surface area (Å²) in [5.74, 6) is 0.980. The van der Waals surface area contributed by atoms with Gasteiger partial charge in [0.15, 0.2) is 0 Å². The molecule has 2 rings (SSSR count). The average molecular weight is 210 g/mol. The molecule has 2 unspecified atom stereocenters. The maximum atomic E-state index is 3.59. The lowest BCUT2D eigenvalue weighted by molar-refractivity contribution is 0.0237. The largest absolute Gasteiger partial charge is 0.314 e. The number of rotatable bonds is 3. The van der Waals surface area contributed by atoms with Crippen LogP contribution in [0.15, 0.2) is 0 Å². The van der Waals surface area contributed by atoms with Crippen LogP contribution in [0, 0.1) is 5.92 Å². The monoisotopic (exact) mass is 210 g/mol. The van der Waals surface area contributed by atoms with E-state index in [0.29, 0.717) is 0 Å². The molecule has 1 heterocycles. The van der Waals surface area contributed by atoms with Crippen LogP contribution in [0.3, 0.4) is 0 Å². The number of nitrogens with zero attached hydrogens (tertiary/aromatic N) is 1. The van der Waals surface area contributed by atoms with E-state index in [4.69, 9.17) is 0 Å². The SMILES string of the molecule is CCNC1CCN(C2CC(C)C2)C(C)C1. The molecule has 2 nitrogen and oxygen atoms in total. The predicted octanol–water partition coefficient (Wildman–Crippen LogP) is 2.25. The fourth-order valence-corrected chi connectivity index (χ4v) is 3.34. The summed E-state index contributed by atoms with van der Waals surface area (Å²) in [5, 5.41) is 3.59. The molecule has 2 heteroatoms. The van der Waals surface area contributed by atoms with Crippen LogP contribution in [0.1, 0.15) is 46.5 Å². The van der Waals surface area contributed by atoms with Crippen LogP contribution < -0.4 is 5.32 Å². The summed E-state index contributed by atoms with van der Waals surface area (Å²) in [7, 11) is 0. The molecule has 1 N–H and O–H groups in total. The lowest BCUT2D eigenvalue weighted by atomic mass is 9.79. The molecule has 0 aromatic heterocycles. The Balaban J connectivity index is 1.79. The van der Waals surface area contributed by atoms with Crippen molar-refractivity contribution in [2.45, 2.75) is 64.6 Å². The van der Waals surface area contributed by atoms with Gasteiger partial charge in [0.2, 0.25) is 0 Å². The van der Waals surface area contributed by atoms with Crippen molar-refractivity contribution < 1.29 is 0 Å². The van der Waals surface area contributed by atoms with E-state index in [1.165, 1.54) is 32.2 Å². The predicted molar refractivity (Wildman–Crippen MR) is 65.1 cm³/mol. The smallest absolute Gasteiger partial charge is 0.0103 e. The van der Waals surface area contributed by atoms with Crippen molar-refractivity contribution in [1.29, 1.82) is 0 Å². The Labute approximate surface area is 94.4 Å². The van der Waals surface area contributed by atoms with Gasteiger partial charge < -0.3 is 5.32 Å². The van der Waals surface area contributed by atoms with Gasteiger partial charge in [-0.1, -0.05) is 13.8 Å². The molecule has 2 atom stereocenters. The molecule has 88 valence electrons. The molecule has 0 spiro atoms. The molecule has 2 aliphatic rings. The van der Waals surface area contributed by atoms with Crippen molar-refractivity contribution in [3.8, 4) is 0 Å². The van der Waals surface area contributed by atoms with Crippen LogP contribution in [0.4, 0.5) is 0 Å². The molecule has 1 aliphatic heterocycles. The summed E-state index contributed by atoms with van der Waals surface area (Å²) in [5.41, 5.74) is 0. The van der Waals surface area contributed by atoms with Gasteiger partial charge in [0.25, 0.3) is 0 Å². The van der Waals surface area contributed by atoms with Gasteiger partial charge in [0, 0.05) is 24.7 Å². The third-order valence-electron chi connectivity index (χ3n) is 4.24. The Kier molecular flexibility index (Phi) is 3.68. The second kappa shape index (κ2) is 4.84. The van der Waals surface area contributed by atoms with E-state index >= 15 is 0 Å². The summed E-state index contributed by atoms with van der Waals surface area (Å²) in [6, 6.07) is 2.48. The highest BCUT2D eigenvalue weighted by Gasteiger charge is 2.35. The van der Waals surface area contributed by atoms with Gasteiger partial charge in [-0.15, -0.1) is 0 Å². The standard InChI is InChI=1S/C13H26N2/c1-4-14-12-5-6-15(11(3)9-12)13-7-10(2)8-13/h10-14H,4-9H2,1-3H3. The Morgan fingerprint density at radius 3 is 2.47 bits per heavy atom. The van der Waals surface area contributed by atoms with Gasteiger partial charge in [-0.25, -0.2) is 0 Å². The van der Waals surface area contributed by atoms with Gasteiger partial charge in [-0.2, -0.15) is 0 Å². The third kappa shape index (κ3) is 2.54. The Bertz CT molecular complexity index is 199. The lowest BCUT2D eigenvalue weighted by Gasteiger charge is -2.48. The van der Waals surface area contributed by atoms with Gasteiger partial charge >= 0.3 is 0 Å². The molecular formula is C13H26N2. The Hall–Kier alpha value is -0.0800. The second-order valence-corrected chi connectivity index (χ2v) is 5.60. The molecule has 15 heavy (non-hydrogen) atoms. The number of likely N-dealkylation sites (tertiary alicyclic amines) is 1. The van der Waals surface area contributed by atoms with E-state index < -0.39 is 0 Å². The van der Waals surface area contributed by atoms with Gasteiger partial charge in [0.05, 0.1) is 0 Å². The zero-order valence-electron chi connectivity index (χ0n) is 10.5. The van der Waals surface area contributed by atoms with Gasteiger partial charge in [-0.3, -0.25) is 4.90 Å². The molecule has 0 amide bonds. The Morgan fingerprint density at radius 2 is 1.93 bits per heavy atom. The van der Waals surface area contributed by atoms with Crippen LogP contribution in [0.2, 0.25) is 0 Å². The van der Waals surface area contributed by atoms with Crippen molar-refractivity contribution in [1.82, 2.24) is 10.2 Å². The van der Waals surface area contributed by atoms with E-state index in [9.17, 15) is 0 Å². The molecule has 1 saturated carbocycles. The topological polar surface area (TPSA) is 15.3 Å². The first-order valence-electron chi connectivity index (χ1n) is 6.69. The summed E-state index contributed by atoms with van der Waals surface area (Å²) >= 11 is 0. The van der Waals surface area contributed by atoms with E-state index in [1.54, 1.807) is 0 Å². The molecule has 0 aromatic rings. The van der Waals surface area contributed by atoms with E-state index in [-0.39, 0.29) is 0 Å². The quantitative estimate of drug-likeness (QED) is 0.768. The normalized spacial score (nSPS) is 42.6. The number of nitrogens with one attached hydrogen (secondary N) is 1. The minimum Gasteiger partial charge on any atom is -0.314 e. The van der Waals surface area contributed by atoms with Crippen LogP contribution in [-0.4, -0.2) is 36.1 Å². The number of hydrogen-bond donors (Lipinski definition) is 1. The van der Waals surface area contributed by atoms with E-state index in [1.807, 2.05) is 0 Å². The summed E-state index contributed by atoms with van der Waals surface area (Å²) in [6.45, 7) is 9.44. The Morgan fingerprint density at radius 1 is 1.20 bits per heavy atom. The van der Waals surface area contributed by atoms with Crippen LogP contribution in [0.25, 0.3) is 0 Å². The first-order valence-corrected chi connectivity index (χ1v) is 6.69. The molecule has 2 fully saturated rings. The summed E-state index contributed by atoms with van der Waals surface area (Å²) in [6.07, 6.45) is 5.58. The molecule has 0 aromatic carbocycles. The second-order valence-electron chi connectivity index (χ2n) is 5.60. The van der Waals surface area contributed by atoms with Crippen molar-refractivity contribution >= 4 is 0 Å². The first-order chi connectivity index (χ1) is 7.20. The van der Waals surface area contributed by atoms with Crippen molar-refractivity contribution in [2.24, 2.45) is 5.92 Å². The molecular weight excluding hydrogens is 184 g/mol. The fourth-order valence-electron chi connectivity index (χ4n) is 3.34. The zero-order valence-corrected chi connectivity index (χ0v) is 10.5. The van der Waals surface area contributed by atoms with Gasteiger partial charge in [-0.05, 0) is 45.1 Å². The molecule has 0 radical (unpaired) electrons. The maximum Gasteiger partial charge on any atom is 0.0103 e. The van der Waals surface area contributed by atoms with Crippen LogP contribution >= 0.6 is 0 Å². The van der Waals surface area contributed by atoms with Crippen molar-refractivity contribution in [3.05, 3.63) is 0 Å². The highest BCUT2D eigenvalue weighted by atomic mass is 15.2. The van der Waals surface area contributed by atoms with Crippen LogP contribution in [-0.2, 0) is 0 Å². The number of piperidine rings is 1. The average Bonchev–Trinajstić information content (AvgIpc) is 2.15. The molecule has 0 bridgehead atoms. The summed E-state index contributed by atoms with van der Waals surface area (Å²) < 4.78 is 0. The minimum atomic E-state index is 0.777.